The molecule has 1 N–H and O–H groups in total. The number of ether oxygens (including phenoxy) is 1. The minimum Gasteiger partial charge on any atom is -0.494 e. The van der Waals surface area contributed by atoms with E-state index in [9.17, 15) is 9.59 Å². The molecule has 0 spiro atoms. The fourth-order valence-corrected chi connectivity index (χ4v) is 3.41. The lowest BCUT2D eigenvalue weighted by Gasteiger charge is -2.35. The van der Waals surface area contributed by atoms with Crippen LogP contribution in [0, 0.1) is 0 Å². The highest BCUT2D eigenvalue weighted by Crippen LogP contribution is 2.18. The minimum absolute atomic E-state index is 0.0746. The van der Waals surface area contributed by atoms with Crippen LogP contribution in [0.2, 0.25) is 0 Å². The molecule has 1 aromatic heterocycles. The molecule has 2 heterocycles. The summed E-state index contributed by atoms with van der Waals surface area (Å²) in [5, 5.41) is 2.88. The van der Waals surface area contributed by atoms with Crippen LogP contribution in [0.5, 0.6) is 5.75 Å². The summed E-state index contributed by atoms with van der Waals surface area (Å²) in [6.07, 6.45) is 1.85. The fraction of sp³-hybridized carbons (Fsp3) is 0.409. The molecule has 1 aliphatic rings. The molecule has 1 unspecified atom stereocenters. The smallest absolute Gasteiger partial charge is 0.237 e. The number of carbonyl (C=O) groups excluding carboxylic acids is 2. The summed E-state index contributed by atoms with van der Waals surface area (Å²) in [7, 11) is 1.74. The van der Waals surface area contributed by atoms with E-state index >= 15 is 0 Å². The molecule has 2 aromatic rings. The Morgan fingerprint density at radius 2 is 2.07 bits per heavy atom. The molecule has 154 valence electrons. The van der Waals surface area contributed by atoms with Crippen molar-refractivity contribution in [1.82, 2.24) is 20.1 Å². The Morgan fingerprint density at radius 3 is 2.76 bits per heavy atom. The first-order valence-electron chi connectivity index (χ1n) is 9.94. The van der Waals surface area contributed by atoms with Gasteiger partial charge in [-0.1, -0.05) is 18.2 Å². The van der Waals surface area contributed by atoms with Crippen LogP contribution in [0.15, 0.2) is 48.7 Å². The van der Waals surface area contributed by atoms with Crippen molar-refractivity contribution in [2.75, 3.05) is 26.7 Å². The first kappa shape index (κ1) is 20.8. The van der Waals surface area contributed by atoms with E-state index in [4.69, 9.17) is 4.74 Å². The molecule has 2 amide bonds. The molecule has 1 aliphatic heterocycles. The van der Waals surface area contributed by atoms with Gasteiger partial charge < -0.3 is 15.0 Å². The topological polar surface area (TPSA) is 74.8 Å². The Bertz CT molecular complexity index is 811. The first-order valence-corrected chi connectivity index (χ1v) is 9.94. The molecule has 1 fully saturated rings. The number of pyridine rings is 1. The molecule has 1 aromatic carbocycles. The maximum atomic E-state index is 12.8. The number of carbonyl (C=O) groups is 2. The average molecular weight is 396 g/mol. The lowest BCUT2D eigenvalue weighted by Crippen LogP contribution is -2.56. The van der Waals surface area contributed by atoms with E-state index in [1.807, 2.05) is 49.4 Å². The van der Waals surface area contributed by atoms with Gasteiger partial charge in [0, 0.05) is 32.9 Å². The van der Waals surface area contributed by atoms with Crippen LogP contribution in [0.4, 0.5) is 0 Å². The fourth-order valence-electron chi connectivity index (χ4n) is 3.41. The molecule has 1 atom stereocenters. The van der Waals surface area contributed by atoms with Crippen LogP contribution in [0.25, 0.3) is 0 Å². The van der Waals surface area contributed by atoms with E-state index < -0.39 is 6.04 Å². The van der Waals surface area contributed by atoms with Gasteiger partial charge in [0.2, 0.25) is 11.8 Å². The molecule has 0 saturated carbocycles. The van der Waals surface area contributed by atoms with Gasteiger partial charge in [0.15, 0.2) is 0 Å². The lowest BCUT2D eigenvalue weighted by atomic mass is 10.1. The Kier molecular flexibility index (Phi) is 7.19. The van der Waals surface area contributed by atoms with Crippen molar-refractivity contribution < 1.29 is 14.3 Å². The van der Waals surface area contributed by atoms with Crippen molar-refractivity contribution in [1.29, 1.82) is 0 Å². The summed E-state index contributed by atoms with van der Waals surface area (Å²) in [4.78, 5) is 33.2. The number of aromatic nitrogens is 1. The van der Waals surface area contributed by atoms with Gasteiger partial charge in [0.25, 0.3) is 0 Å². The second-order valence-corrected chi connectivity index (χ2v) is 7.13. The molecular weight excluding hydrogens is 368 g/mol. The molecule has 3 rings (SSSR count). The van der Waals surface area contributed by atoms with Crippen LogP contribution in [-0.4, -0.2) is 59.4 Å². The van der Waals surface area contributed by atoms with Gasteiger partial charge >= 0.3 is 0 Å². The molecule has 7 nitrogen and oxygen atoms in total. The largest absolute Gasteiger partial charge is 0.494 e. The van der Waals surface area contributed by atoms with Crippen molar-refractivity contribution in [2.45, 2.75) is 32.5 Å². The Labute approximate surface area is 171 Å². The normalized spacial score (nSPS) is 16.9. The molecular formula is C22H28N4O3. The van der Waals surface area contributed by atoms with Crippen molar-refractivity contribution in [3.63, 3.8) is 0 Å². The van der Waals surface area contributed by atoms with E-state index in [2.05, 4.69) is 15.2 Å². The molecule has 29 heavy (non-hydrogen) atoms. The number of piperazine rings is 1. The maximum Gasteiger partial charge on any atom is 0.237 e. The molecule has 0 radical (unpaired) electrons. The van der Waals surface area contributed by atoms with Gasteiger partial charge in [0.05, 0.1) is 31.3 Å². The minimum atomic E-state index is -0.478. The monoisotopic (exact) mass is 396 g/mol. The number of rotatable bonds is 8. The van der Waals surface area contributed by atoms with Gasteiger partial charge in [0.1, 0.15) is 5.75 Å². The highest BCUT2D eigenvalue weighted by atomic mass is 16.5. The van der Waals surface area contributed by atoms with Gasteiger partial charge in [-0.25, -0.2) is 0 Å². The van der Waals surface area contributed by atoms with Crippen LogP contribution < -0.4 is 10.1 Å². The zero-order valence-electron chi connectivity index (χ0n) is 17.0. The number of hydrogen-bond acceptors (Lipinski definition) is 5. The van der Waals surface area contributed by atoms with Crippen molar-refractivity contribution in [2.24, 2.45) is 0 Å². The predicted molar refractivity (Wildman–Crippen MR) is 110 cm³/mol. The summed E-state index contributed by atoms with van der Waals surface area (Å²) in [6.45, 7) is 4.91. The van der Waals surface area contributed by atoms with E-state index in [1.165, 1.54) is 0 Å². The third kappa shape index (κ3) is 5.77. The second-order valence-electron chi connectivity index (χ2n) is 7.13. The average Bonchev–Trinajstić information content (AvgIpc) is 2.73. The molecule has 0 aliphatic carbocycles. The van der Waals surface area contributed by atoms with Gasteiger partial charge in [-0.05, 0) is 36.8 Å². The summed E-state index contributed by atoms with van der Waals surface area (Å²) in [6, 6.07) is 13.0. The Balaban J connectivity index is 1.63. The SMILES string of the molecule is CCOc1ccc(CN2CCNC(=O)C2CC(=O)N(C)Cc2ccccn2)cc1. The lowest BCUT2D eigenvalue weighted by molar-refractivity contribution is -0.138. The van der Waals surface area contributed by atoms with Gasteiger partial charge in [-0.2, -0.15) is 0 Å². The maximum absolute atomic E-state index is 12.8. The van der Waals surface area contributed by atoms with E-state index in [0.29, 0.717) is 32.8 Å². The first-order chi connectivity index (χ1) is 14.1. The summed E-state index contributed by atoms with van der Waals surface area (Å²) >= 11 is 0. The molecule has 7 heteroatoms. The zero-order chi connectivity index (χ0) is 20.6. The van der Waals surface area contributed by atoms with Crippen LogP contribution in [0.1, 0.15) is 24.6 Å². The summed E-state index contributed by atoms with van der Waals surface area (Å²) in [5.41, 5.74) is 1.91. The number of hydrogen-bond donors (Lipinski definition) is 1. The number of nitrogens with zero attached hydrogens (tertiary/aromatic N) is 3. The number of benzene rings is 1. The van der Waals surface area contributed by atoms with E-state index in [-0.39, 0.29) is 18.2 Å². The Hall–Kier alpha value is -2.93. The molecule has 0 bridgehead atoms. The number of amides is 2. The summed E-state index contributed by atoms with van der Waals surface area (Å²) in [5.74, 6) is 0.659. The van der Waals surface area contributed by atoms with Crippen molar-refractivity contribution in [3.05, 3.63) is 59.9 Å². The third-order valence-corrected chi connectivity index (χ3v) is 4.98. The zero-order valence-corrected chi connectivity index (χ0v) is 17.0. The van der Waals surface area contributed by atoms with Gasteiger partial charge in [-0.3, -0.25) is 19.5 Å². The Morgan fingerprint density at radius 1 is 1.28 bits per heavy atom. The molecule has 1 saturated heterocycles. The van der Waals surface area contributed by atoms with E-state index in [1.54, 1.807) is 18.1 Å². The summed E-state index contributed by atoms with van der Waals surface area (Å²) < 4.78 is 5.48. The van der Waals surface area contributed by atoms with E-state index in [0.717, 1.165) is 17.0 Å². The third-order valence-electron chi connectivity index (χ3n) is 4.98. The number of nitrogens with one attached hydrogen (secondary N) is 1. The van der Waals surface area contributed by atoms with Crippen molar-refractivity contribution in [3.8, 4) is 5.75 Å². The van der Waals surface area contributed by atoms with Crippen LogP contribution >= 0.6 is 0 Å². The highest BCUT2D eigenvalue weighted by Gasteiger charge is 2.32. The van der Waals surface area contributed by atoms with Crippen LogP contribution in [-0.2, 0) is 22.7 Å². The predicted octanol–water partition coefficient (Wildman–Crippen LogP) is 1.83. The standard InChI is InChI=1S/C22H28N4O3/c1-3-29-19-9-7-17(8-10-19)15-26-13-12-24-22(28)20(26)14-21(27)25(2)16-18-6-4-5-11-23-18/h4-11,20H,3,12-16H2,1-2H3,(H,24,28). The van der Waals surface area contributed by atoms with Crippen molar-refractivity contribution >= 4 is 11.8 Å². The van der Waals surface area contributed by atoms with Gasteiger partial charge in [-0.15, -0.1) is 0 Å². The van der Waals surface area contributed by atoms with Crippen LogP contribution in [0.3, 0.4) is 0 Å². The highest BCUT2D eigenvalue weighted by molar-refractivity contribution is 5.88. The quantitative estimate of drug-likeness (QED) is 0.737. The second kappa shape index (κ2) is 10.0.